The van der Waals surface area contributed by atoms with Crippen LogP contribution in [0.2, 0.25) is 0 Å². The number of nitrogens with one attached hydrogen (secondary N) is 2. The zero-order valence-electron chi connectivity index (χ0n) is 11.1. The largest absolute Gasteiger partial charge is 0.453 e. The molecule has 0 aliphatic heterocycles. The Morgan fingerprint density at radius 1 is 1.32 bits per heavy atom. The second kappa shape index (κ2) is 7.38. The van der Waals surface area contributed by atoms with E-state index in [0.717, 1.165) is 6.42 Å². The Labute approximate surface area is 112 Å². The van der Waals surface area contributed by atoms with Crippen LogP contribution in [-0.2, 0) is 9.53 Å². The van der Waals surface area contributed by atoms with Crippen LogP contribution >= 0.6 is 0 Å². The van der Waals surface area contributed by atoms with Gasteiger partial charge in [0.05, 0.1) is 7.11 Å². The second-order valence-corrected chi connectivity index (χ2v) is 4.12. The molecule has 1 rings (SSSR count). The van der Waals surface area contributed by atoms with Crippen molar-refractivity contribution in [3.8, 4) is 0 Å². The maximum atomic E-state index is 11.7. The van der Waals surface area contributed by atoms with E-state index < -0.39 is 6.09 Å². The van der Waals surface area contributed by atoms with Crippen molar-refractivity contribution in [1.82, 2.24) is 0 Å². The van der Waals surface area contributed by atoms with E-state index >= 15 is 0 Å². The van der Waals surface area contributed by atoms with Gasteiger partial charge in [-0.3, -0.25) is 10.1 Å². The highest BCUT2D eigenvalue weighted by Gasteiger charge is 2.08. The summed E-state index contributed by atoms with van der Waals surface area (Å²) in [6, 6.07) is 6.66. The fourth-order valence-electron chi connectivity index (χ4n) is 1.44. The average molecular weight is 265 g/mol. The predicted octanol–water partition coefficient (Wildman–Crippen LogP) is 1.93. The van der Waals surface area contributed by atoms with Gasteiger partial charge < -0.3 is 15.8 Å². The zero-order valence-corrected chi connectivity index (χ0v) is 11.1. The number of hydrogen-bond acceptors (Lipinski definition) is 4. The molecule has 0 saturated heterocycles. The fraction of sp³-hybridized carbons (Fsp3) is 0.385. The van der Waals surface area contributed by atoms with Crippen molar-refractivity contribution < 1.29 is 14.3 Å². The van der Waals surface area contributed by atoms with Crippen LogP contribution in [0.1, 0.15) is 19.8 Å². The van der Waals surface area contributed by atoms with Crippen molar-refractivity contribution in [3.05, 3.63) is 24.3 Å². The minimum absolute atomic E-state index is 0.142. The van der Waals surface area contributed by atoms with Crippen molar-refractivity contribution >= 4 is 23.4 Å². The minimum atomic E-state index is -0.559. The van der Waals surface area contributed by atoms with E-state index in [2.05, 4.69) is 15.4 Å². The minimum Gasteiger partial charge on any atom is -0.453 e. The predicted molar refractivity (Wildman–Crippen MR) is 74.0 cm³/mol. The lowest BCUT2D eigenvalue weighted by atomic mass is 10.1. The van der Waals surface area contributed by atoms with Gasteiger partial charge in [0, 0.05) is 23.8 Å². The smallest absolute Gasteiger partial charge is 0.411 e. The molecule has 6 nitrogen and oxygen atoms in total. The molecular weight excluding hydrogens is 246 g/mol. The van der Waals surface area contributed by atoms with Gasteiger partial charge in [-0.1, -0.05) is 13.0 Å². The van der Waals surface area contributed by atoms with Crippen molar-refractivity contribution in [2.24, 2.45) is 5.73 Å². The summed E-state index contributed by atoms with van der Waals surface area (Å²) in [4.78, 5) is 22.7. The molecule has 0 saturated carbocycles. The van der Waals surface area contributed by atoms with Crippen molar-refractivity contribution in [3.63, 3.8) is 0 Å². The number of carbonyl (C=O) groups excluding carboxylic acids is 2. The molecule has 0 spiro atoms. The number of hydrogen-bond donors (Lipinski definition) is 3. The van der Waals surface area contributed by atoms with Crippen LogP contribution in [0, 0.1) is 0 Å². The molecule has 0 aliphatic carbocycles. The number of ether oxygens (including phenoxy) is 1. The van der Waals surface area contributed by atoms with E-state index in [9.17, 15) is 9.59 Å². The summed E-state index contributed by atoms with van der Waals surface area (Å²) in [5.74, 6) is -0.149. The first-order valence-corrected chi connectivity index (χ1v) is 6.05. The molecule has 4 N–H and O–H groups in total. The lowest BCUT2D eigenvalue weighted by Crippen LogP contribution is -2.26. The Balaban J connectivity index is 2.61. The molecule has 1 atom stereocenters. The van der Waals surface area contributed by atoms with Crippen LogP contribution in [0.5, 0.6) is 0 Å². The van der Waals surface area contributed by atoms with E-state index in [-0.39, 0.29) is 18.4 Å². The highest BCUT2D eigenvalue weighted by molar-refractivity contribution is 5.92. The average Bonchev–Trinajstić information content (AvgIpc) is 2.38. The molecule has 0 aliphatic rings. The SMILES string of the molecule is CCC(N)CC(=O)Nc1cccc(NC(=O)OC)c1. The van der Waals surface area contributed by atoms with Crippen LogP contribution < -0.4 is 16.4 Å². The molecule has 1 unspecified atom stereocenters. The third kappa shape index (κ3) is 5.39. The van der Waals surface area contributed by atoms with Gasteiger partial charge in [-0.05, 0) is 24.6 Å². The first-order chi connectivity index (χ1) is 9.05. The van der Waals surface area contributed by atoms with Gasteiger partial charge in [0.2, 0.25) is 5.91 Å². The summed E-state index contributed by atoms with van der Waals surface area (Å²) in [7, 11) is 1.28. The van der Waals surface area contributed by atoms with E-state index in [1.807, 2.05) is 6.92 Å². The Hall–Kier alpha value is -2.08. The van der Waals surface area contributed by atoms with Gasteiger partial charge in [0.15, 0.2) is 0 Å². The number of carbonyl (C=O) groups is 2. The summed E-state index contributed by atoms with van der Waals surface area (Å²) in [6.45, 7) is 1.93. The number of nitrogens with two attached hydrogens (primary N) is 1. The van der Waals surface area contributed by atoms with Crippen LogP contribution in [0.25, 0.3) is 0 Å². The number of benzene rings is 1. The zero-order chi connectivity index (χ0) is 14.3. The molecule has 1 aromatic rings. The van der Waals surface area contributed by atoms with Crippen LogP contribution in [0.15, 0.2) is 24.3 Å². The second-order valence-electron chi connectivity index (χ2n) is 4.12. The molecule has 0 heterocycles. The summed E-state index contributed by atoms with van der Waals surface area (Å²) in [5.41, 5.74) is 6.85. The van der Waals surface area contributed by atoms with Crippen LogP contribution in [-0.4, -0.2) is 25.2 Å². The molecular formula is C13H19N3O3. The van der Waals surface area contributed by atoms with E-state index in [0.29, 0.717) is 11.4 Å². The van der Waals surface area contributed by atoms with Gasteiger partial charge >= 0.3 is 6.09 Å². The van der Waals surface area contributed by atoms with Crippen LogP contribution in [0.4, 0.5) is 16.2 Å². The molecule has 6 heteroatoms. The van der Waals surface area contributed by atoms with Crippen molar-refractivity contribution in [2.45, 2.75) is 25.8 Å². The number of anilines is 2. The topological polar surface area (TPSA) is 93.5 Å². The van der Waals surface area contributed by atoms with E-state index in [1.54, 1.807) is 24.3 Å². The first kappa shape index (κ1) is 15.0. The van der Waals surface area contributed by atoms with Crippen molar-refractivity contribution in [2.75, 3.05) is 17.7 Å². The molecule has 0 fully saturated rings. The normalized spacial score (nSPS) is 11.5. The van der Waals surface area contributed by atoms with E-state index in [4.69, 9.17) is 5.73 Å². The quantitative estimate of drug-likeness (QED) is 0.758. The highest BCUT2D eigenvalue weighted by atomic mass is 16.5. The maximum absolute atomic E-state index is 11.7. The van der Waals surface area contributed by atoms with Crippen molar-refractivity contribution in [1.29, 1.82) is 0 Å². The van der Waals surface area contributed by atoms with Crippen LogP contribution in [0.3, 0.4) is 0 Å². The molecule has 19 heavy (non-hydrogen) atoms. The summed E-state index contributed by atoms with van der Waals surface area (Å²) in [5, 5.41) is 5.25. The molecule has 0 bridgehead atoms. The Morgan fingerprint density at radius 2 is 1.95 bits per heavy atom. The monoisotopic (exact) mass is 265 g/mol. The number of amides is 2. The lowest BCUT2D eigenvalue weighted by molar-refractivity contribution is -0.116. The molecule has 0 aromatic heterocycles. The maximum Gasteiger partial charge on any atom is 0.411 e. The Kier molecular flexibility index (Phi) is 5.81. The van der Waals surface area contributed by atoms with Gasteiger partial charge in [0.1, 0.15) is 0 Å². The first-order valence-electron chi connectivity index (χ1n) is 6.05. The molecule has 1 aromatic carbocycles. The molecule has 0 radical (unpaired) electrons. The highest BCUT2D eigenvalue weighted by Crippen LogP contribution is 2.15. The summed E-state index contributed by atoms with van der Waals surface area (Å²) in [6.07, 6.45) is 0.458. The van der Waals surface area contributed by atoms with Gasteiger partial charge in [-0.15, -0.1) is 0 Å². The fourth-order valence-corrected chi connectivity index (χ4v) is 1.44. The lowest BCUT2D eigenvalue weighted by Gasteiger charge is -2.10. The third-order valence-electron chi connectivity index (χ3n) is 2.55. The van der Waals surface area contributed by atoms with E-state index in [1.165, 1.54) is 7.11 Å². The van der Waals surface area contributed by atoms with Gasteiger partial charge in [0.25, 0.3) is 0 Å². The Morgan fingerprint density at radius 3 is 2.53 bits per heavy atom. The summed E-state index contributed by atoms with van der Waals surface area (Å²) < 4.78 is 4.49. The molecule has 104 valence electrons. The molecule has 2 amide bonds. The third-order valence-corrected chi connectivity index (χ3v) is 2.55. The Bertz CT molecular complexity index is 449. The van der Waals surface area contributed by atoms with Gasteiger partial charge in [-0.2, -0.15) is 0 Å². The number of methoxy groups -OCH3 is 1. The summed E-state index contributed by atoms with van der Waals surface area (Å²) >= 11 is 0. The number of rotatable bonds is 5. The standard InChI is InChI=1S/C13H19N3O3/c1-3-9(14)7-12(17)15-10-5-4-6-11(8-10)16-13(18)19-2/h4-6,8-9H,3,7,14H2,1-2H3,(H,15,17)(H,16,18). The van der Waals surface area contributed by atoms with Gasteiger partial charge in [-0.25, -0.2) is 4.79 Å².